The van der Waals surface area contributed by atoms with Crippen molar-refractivity contribution in [2.45, 2.75) is 13.8 Å². The quantitative estimate of drug-likeness (QED) is 0.514. The van der Waals surface area contributed by atoms with E-state index in [-0.39, 0.29) is 11.5 Å². The molecule has 8 nitrogen and oxygen atoms in total. The second kappa shape index (κ2) is 9.84. The highest BCUT2D eigenvalue weighted by Crippen LogP contribution is 2.14. The van der Waals surface area contributed by atoms with Crippen LogP contribution in [0, 0.1) is 0 Å². The zero-order chi connectivity index (χ0) is 21.4. The standard InChI is InChI=1S/C21H21N3O5/c1-13(20(27)24-18-6-4-15(5-7-18)21(28)29-3)12-19(26)23-17-10-8-16(9-11-17)22-14(2)25/h4-12H,1-3H3,(H,22,25)(H,23,26)(H,24,27)/b13-12+. The largest absolute Gasteiger partial charge is 0.465 e. The van der Waals surface area contributed by atoms with E-state index in [1.54, 1.807) is 36.4 Å². The molecule has 0 saturated carbocycles. The van der Waals surface area contributed by atoms with Gasteiger partial charge in [-0.15, -0.1) is 0 Å². The van der Waals surface area contributed by atoms with Crippen LogP contribution < -0.4 is 16.0 Å². The Morgan fingerprint density at radius 1 is 0.759 bits per heavy atom. The van der Waals surface area contributed by atoms with E-state index in [4.69, 9.17) is 0 Å². The van der Waals surface area contributed by atoms with Crippen LogP contribution in [0.5, 0.6) is 0 Å². The van der Waals surface area contributed by atoms with Gasteiger partial charge in [0.05, 0.1) is 12.7 Å². The number of benzene rings is 2. The summed E-state index contributed by atoms with van der Waals surface area (Å²) in [6.45, 7) is 2.92. The third kappa shape index (κ3) is 6.62. The highest BCUT2D eigenvalue weighted by Gasteiger charge is 2.09. The van der Waals surface area contributed by atoms with Crippen molar-refractivity contribution < 1.29 is 23.9 Å². The predicted octanol–water partition coefficient (Wildman–Crippen LogP) is 2.96. The lowest BCUT2D eigenvalue weighted by Crippen LogP contribution is -2.16. The minimum absolute atomic E-state index is 0.189. The second-order valence-electron chi connectivity index (χ2n) is 6.10. The van der Waals surface area contributed by atoms with Crippen LogP contribution >= 0.6 is 0 Å². The van der Waals surface area contributed by atoms with Crippen LogP contribution in [0.4, 0.5) is 17.1 Å². The first-order chi connectivity index (χ1) is 13.8. The van der Waals surface area contributed by atoms with Gasteiger partial charge in [0.15, 0.2) is 0 Å². The smallest absolute Gasteiger partial charge is 0.337 e. The zero-order valence-electron chi connectivity index (χ0n) is 16.2. The lowest BCUT2D eigenvalue weighted by atomic mass is 10.2. The normalized spacial score (nSPS) is 10.7. The van der Waals surface area contributed by atoms with E-state index in [0.29, 0.717) is 22.6 Å². The van der Waals surface area contributed by atoms with Gasteiger partial charge in [0.1, 0.15) is 0 Å². The molecule has 8 heteroatoms. The summed E-state index contributed by atoms with van der Waals surface area (Å²) in [5.74, 6) is -1.58. The molecule has 0 bridgehead atoms. The van der Waals surface area contributed by atoms with Gasteiger partial charge in [-0.3, -0.25) is 14.4 Å². The first-order valence-corrected chi connectivity index (χ1v) is 8.65. The number of hydrogen-bond donors (Lipinski definition) is 3. The van der Waals surface area contributed by atoms with E-state index in [1.807, 2.05) is 0 Å². The molecule has 0 aliphatic carbocycles. The minimum Gasteiger partial charge on any atom is -0.465 e. The fourth-order valence-electron chi connectivity index (χ4n) is 2.32. The number of carbonyl (C=O) groups excluding carboxylic acids is 4. The molecule has 0 aliphatic rings. The number of rotatable bonds is 6. The molecule has 2 rings (SSSR count). The molecule has 2 aromatic rings. The topological polar surface area (TPSA) is 114 Å². The van der Waals surface area contributed by atoms with Gasteiger partial charge in [0.25, 0.3) is 5.91 Å². The van der Waals surface area contributed by atoms with E-state index in [2.05, 4.69) is 20.7 Å². The Kier molecular flexibility index (Phi) is 7.25. The number of ether oxygens (including phenoxy) is 1. The number of hydrogen-bond acceptors (Lipinski definition) is 5. The van der Waals surface area contributed by atoms with E-state index >= 15 is 0 Å². The molecule has 0 aromatic heterocycles. The SMILES string of the molecule is COC(=O)c1ccc(NC(=O)/C(C)=C/C(=O)Nc2ccc(NC(C)=O)cc2)cc1. The summed E-state index contributed by atoms with van der Waals surface area (Å²) in [7, 11) is 1.29. The van der Waals surface area contributed by atoms with Gasteiger partial charge in [0, 0.05) is 35.6 Å². The Morgan fingerprint density at radius 2 is 1.24 bits per heavy atom. The Bertz CT molecular complexity index is 947. The number of anilines is 3. The molecule has 0 aliphatic heterocycles. The monoisotopic (exact) mass is 395 g/mol. The molecule has 2 aromatic carbocycles. The van der Waals surface area contributed by atoms with Crippen LogP contribution in [-0.2, 0) is 19.1 Å². The lowest BCUT2D eigenvalue weighted by Gasteiger charge is -2.07. The van der Waals surface area contributed by atoms with E-state index < -0.39 is 17.8 Å². The fraction of sp³-hybridized carbons (Fsp3) is 0.143. The van der Waals surface area contributed by atoms with Crippen LogP contribution in [0.25, 0.3) is 0 Å². The number of nitrogens with one attached hydrogen (secondary N) is 3. The number of esters is 1. The molecule has 3 amide bonds. The highest BCUT2D eigenvalue weighted by molar-refractivity contribution is 6.10. The molecular formula is C21H21N3O5. The Hall–Kier alpha value is -3.94. The van der Waals surface area contributed by atoms with Gasteiger partial charge in [-0.2, -0.15) is 0 Å². The third-order valence-corrected chi connectivity index (χ3v) is 3.74. The van der Waals surface area contributed by atoms with Gasteiger partial charge >= 0.3 is 5.97 Å². The van der Waals surface area contributed by atoms with Crippen LogP contribution in [0.2, 0.25) is 0 Å². The van der Waals surface area contributed by atoms with E-state index in [0.717, 1.165) is 0 Å². The summed E-state index contributed by atoms with van der Waals surface area (Å²) >= 11 is 0. The van der Waals surface area contributed by atoms with Crippen molar-refractivity contribution in [2.75, 3.05) is 23.1 Å². The lowest BCUT2D eigenvalue weighted by molar-refractivity contribution is -0.114. The van der Waals surface area contributed by atoms with E-state index in [1.165, 1.54) is 39.2 Å². The predicted molar refractivity (Wildman–Crippen MR) is 110 cm³/mol. The first-order valence-electron chi connectivity index (χ1n) is 8.65. The van der Waals surface area contributed by atoms with Crippen LogP contribution in [0.15, 0.2) is 60.2 Å². The maximum Gasteiger partial charge on any atom is 0.337 e. The number of carbonyl (C=O) groups is 4. The average Bonchev–Trinajstić information content (AvgIpc) is 2.69. The molecule has 0 unspecified atom stereocenters. The summed E-state index contributed by atoms with van der Waals surface area (Å²) in [5, 5.41) is 7.91. The number of amides is 3. The highest BCUT2D eigenvalue weighted by atomic mass is 16.5. The Balaban J connectivity index is 1.95. The minimum atomic E-state index is -0.472. The molecule has 3 N–H and O–H groups in total. The van der Waals surface area contributed by atoms with Crippen LogP contribution in [0.1, 0.15) is 24.2 Å². The van der Waals surface area contributed by atoms with Gasteiger partial charge in [-0.1, -0.05) is 0 Å². The molecular weight excluding hydrogens is 374 g/mol. The van der Waals surface area contributed by atoms with Crippen molar-refractivity contribution in [3.63, 3.8) is 0 Å². The average molecular weight is 395 g/mol. The molecule has 0 saturated heterocycles. The summed E-state index contributed by atoms with van der Waals surface area (Å²) in [4.78, 5) is 46.8. The summed E-state index contributed by atoms with van der Waals surface area (Å²) in [6.07, 6.45) is 1.18. The molecule has 0 heterocycles. The molecule has 29 heavy (non-hydrogen) atoms. The second-order valence-corrected chi connectivity index (χ2v) is 6.10. The zero-order valence-corrected chi connectivity index (χ0v) is 16.2. The first kappa shape index (κ1) is 21.4. The third-order valence-electron chi connectivity index (χ3n) is 3.74. The molecule has 150 valence electrons. The molecule has 0 atom stereocenters. The van der Waals surface area contributed by atoms with Crippen molar-refractivity contribution >= 4 is 40.8 Å². The maximum absolute atomic E-state index is 12.2. The van der Waals surface area contributed by atoms with Crippen LogP contribution in [-0.4, -0.2) is 30.8 Å². The maximum atomic E-state index is 12.2. The summed E-state index contributed by atoms with van der Waals surface area (Å²) in [5.41, 5.74) is 2.17. The van der Waals surface area contributed by atoms with E-state index in [9.17, 15) is 19.2 Å². The van der Waals surface area contributed by atoms with Crippen molar-refractivity contribution in [1.29, 1.82) is 0 Å². The molecule has 0 fully saturated rings. The van der Waals surface area contributed by atoms with Gasteiger partial charge in [0.2, 0.25) is 11.8 Å². The van der Waals surface area contributed by atoms with Crippen molar-refractivity contribution in [1.82, 2.24) is 0 Å². The van der Waals surface area contributed by atoms with Crippen molar-refractivity contribution in [2.24, 2.45) is 0 Å². The summed E-state index contributed by atoms with van der Waals surface area (Å²) in [6, 6.07) is 12.7. The van der Waals surface area contributed by atoms with Gasteiger partial charge < -0.3 is 20.7 Å². The van der Waals surface area contributed by atoms with Crippen molar-refractivity contribution in [3.8, 4) is 0 Å². The van der Waals surface area contributed by atoms with Gasteiger partial charge in [-0.25, -0.2) is 4.79 Å². The number of methoxy groups -OCH3 is 1. The Morgan fingerprint density at radius 3 is 1.76 bits per heavy atom. The molecule has 0 radical (unpaired) electrons. The van der Waals surface area contributed by atoms with Gasteiger partial charge in [-0.05, 0) is 55.5 Å². The Labute approximate surface area is 167 Å². The summed E-state index contributed by atoms with van der Waals surface area (Å²) < 4.78 is 4.61. The fourth-order valence-corrected chi connectivity index (χ4v) is 2.32. The van der Waals surface area contributed by atoms with Crippen LogP contribution in [0.3, 0.4) is 0 Å². The molecule has 0 spiro atoms. The van der Waals surface area contributed by atoms with Crippen molar-refractivity contribution in [3.05, 3.63) is 65.7 Å².